The van der Waals surface area contributed by atoms with Crippen LogP contribution in [0.15, 0.2) is 29.0 Å². The largest absolute Gasteiger partial charge is 0.106 e. The van der Waals surface area contributed by atoms with Gasteiger partial charge in [-0.3, -0.25) is 0 Å². The zero-order chi connectivity index (χ0) is 4.95. The summed E-state index contributed by atoms with van der Waals surface area (Å²) in [6, 6.07) is 0. The van der Waals surface area contributed by atoms with E-state index in [1.54, 1.807) is 11.8 Å². The van der Waals surface area contributed by atoms with Crippen molar-refractivity contribution >= 4 is 11.8 Å². The lowest BCUT2D eigenvalue weighted by atomic mass is 10.5. The van der Waals surface area contributed by atoms with Crippen LogP contribution in [0.25, 0.3) is 0 Å². The lowest BCUT2D eigenvalue weighted by molar-refractivity contribution is 1.90. The second-order valence-electron chi connectivity index (χ2n) is 1.10. The van der Waals surface area contributed by atoms with Gasteiger partial charge in [0.2, 0.25) is 0 Å². The van der Waals surface area contributed by atoms with Gasteiger partial charge in [-0.1, -0.05) is 12.2 Å². The lowest BCUT2D eigenvalue weighted by Gasteiger charge is -1.69. The second kappa shape index (κ2) is 2.69. The highest BCUT2D eigenvalue weighted by molar-refractivity contribution is 8.04. The molecule has 0 atom stereocenters. The van der Waals surface area contributed by atoms with E-state index in [1.807, 2.05) is 29.0 Å². The number of hydrogen-bond acceptors (Lipinski definition) is 1. The van der Waals surface area contributed by atoms with Crippen molar-refractivity contribution in [2.45, 2.75) is 0 Å². The molecule has 0 saturated heterocycles. The van der Waals surface area contributed by atoms with E-state index in [0.717, 1.165) is 0 Å². The summed E-state index contributed by atoms with van der Waals surface area (Å²) in [7, 11) is 0. The summed E-state index contributed by atoms with van der Waals surface area (Å²) in [6.07, 6.45) is 8.68. The molecule has 0 unspecified atom stereocenters. The Bertz CT molecular complexity index is 106. The minimum atomic E-state index is 1.66. The van der Waals surface area contributed by atoms with Crippen LogP contribution in [0.2, 0.25) is 0 Å². The van der Waals surface area contributed by atoms with Crippen molar-refractivity contribution < 1.29 is 0 Å². The molecule has 0 N–H and O–H groups in total. The van der Waals surface area contributed by atoms with E-state index in [0.29, 0.717) is 0 Å². The highest BCUT2D eigenvalue weighted by Gasteiger charge is 1.71. The van der Waals surface area contributed by atoms with Crippen LogP contribution in [0.5, 0.6) is 0 Å². The number of rotatable bonds is 0. The number of hydrogen-bond donors (Lipinski definition) is 0. The maximum atomic E-state index is 2.93. The van der Waals surface area contributed by atoms with Crippen LogP contribution in [0.3, 0.4) is 0 Å². The summed E-state index contributed by atoms with van der Waals surface area (Å²) in [4.78, 5) is 0. The van der Waals surface area contributed by atoms with Gasteiger partial charge in [-0.2, -0.15) is 0 Å². The fourth-order valence-corrected chi connectivity index (χ4v) is 0.737. The molecule has 0 saturated carbocycles. The van der Waals surface area contributed by atoms with Gasteiger partial charge in [0.05, 0.1) is 0 Å². The normalized spacial score (nSPS) is 17.1. The topological polar surface area (TPSA) is 0 Å². The van der Waals surface area contributed by atoms with Gasteiger partial charge < -0.3 is 0 Å². The highest BCUT2D eigenvalue weighted by Crippen LogP contribution is 2.05. The zero-order valence-electron chi connectivity index (χ0n) is 3.79. The number of allylic oxidation sites excluding steroid dienone is 4. The van der Waals surface area contributed by atoms with Gasteiger partial charge >= 0.3 is 0 Å². The Morgan fingerprint density at radius 2 is 2.29 bits per heavy atom. The molecule has 1 aliphatic heterocycles. The summed E-state index contributed by atoms with van der Waals surface area (Å²) in [6.45, 7) is 0. The van der Waals surface area contributed by atoms with Crippen molar-refractivity contribution in [2.24, 2.45) is 0 Å². The Balaban J connectivity index is 2.60. The minimum Gasteiger partial charge on any atom is -0.106 e. The molecular weight excluding hydrogens is 104 g/mol. The van der Waals surface area contributed by atoms with E-state index in [2.05, 4.69) is 6.08 Å². The third kappa shape index (κ3) is 1.64. The van der Waals surface area contributed by atoms with Gasteiger partial charge in [0.1, 0.15) is 0 Å². The fraction of sp³-hybridized carbons (Fsp3) is 0. The molecule has 1 heterocycles. The van der Waals surface area contributed by atoms with Crippen LogP contribution in [0.4, 0.5) is 0 Å². The zero-order valence-corrected chi connectivity index (χ0v) is 4.61. The first-order valence-electron chi connectivity index (χ1n) is 2.05. The Kier molecular flexibility index (Phi) is 1.82. The van der Waals surface area contributed by atoms with Gasteiger partial charge in [-0.05, 0) is 23.0 Å². The van der Waals surface area contributed by atoms with E-state index in [9.17, 15) is 0 Å². The highest BCUT2D eigenvalue weighted by atomic mass is 32.2. The predicted molar refractivity (Wildman–Crippen MR) is 33.7 cm³/mol. The van der Waals surface area contributed by atoms with Crippen molar-refractivity contribution in [2.75, 3.05) is 0 Å². The summed E-state index contributed by atoms with van der Waals surface area (Å²) in [5.74, 6) is 0. The quantitative estimate of drug-likeness (QED) is 0.459. The third-order valence-electron chi connectivity index (χ3n) is 0.592. The average molecular weight is 109 g/mol. The van der Waals surface area contributed by atoms with Gasteiger partial charge in [-0.15, -0.1) is 11.8 Å². The maximum absolute atomic E-state index is 2.93. The molecule has 35 valence electrons. The Morgan fingerprint density at radius 3 is 3.29 bits per heavy atom. The SMILES string of the molecule is [C]1=CC=CSC=C1. The summed E-state index contributed by atoms with van der Waals surface area (Å²) in [5, 5.41) is 4.00. The van der Waals surface area contributed by atoms with Crippen LogP contribution in [0, 0.1) is 6.08 Å². The fourth-order valence-electron chi connectivity index (χ4n) is 0.320. The van der Waals surface area contributed by atoms with Gasteiger partial charge in [0.25, 0.3) is 0 Å². The van der Waals surface area contributed by atoms with Crippen LogP contribution >= 0.6 is 11.8 Å². The molecule has 0 amide bonds. The molecule has 0 aromatic carbocycles. The summed E-state index contributed by atoms with van der Waals surface area (Å²) < 4.78 is 0. The molecule has 7 heavy (non-hydrogen) atoms. The van der Waals surface area contributed by atoms with Crippen LogP contribution in [-0.4, -0.2) is 0 Å². The van der Waals surface area contributed by atoms with E-state index in [4.69, 9.17) is 0 Å². The molecule has 1 rings (SSSR count). The van der Waals surface area contributed by atoms with Crippen molar-refractivity contribution in [3.8, 4) is 0 Å². The standard InChI is InChI=1S/C6H5S/c1-2-4-6-7-5-3-1/h1,3-6H. The van der Waals surface area contributed by atoms with E-state index in [1.165, 1.54) is 0 Å². The van der Waals surface area contributed by atoms with E-state index < -0.39 is 0 Å². The van der Waals surface area contributed by atoms with Gasteiger partial charge in [0.15, 0.2) is 0 Å². The monoisotopic (exact) mass is 109 g/mol. The molecule has 0 bridgehead atoms. The Hall–Kier alpha value is -0.430. The molecule has 0 aromatic rings. The first kappa shape index (κ1) is 4.72. The van der Waals surface area contributed by atoms with Crippen molar-refractivity contribution in [3.63, 3.8) is 0 Å². The number of thioether (sulfide) groups is 1. The molecule has 0 spiro atoms. The summed E-state index contributed by atoms with van der Waals surface area (Å²) in [5.41, 5.74) is 0. The van der Waals surface area contributed by atoms with E-state index in [-0.39, 0.29) is 0 Å². The van der Waals surface area contributed by atoms with Gasteiger partial charge in [0, 0.05) is 0 Å². The predicted octanol–water partition coefficient (Wildman–Crippen LogP) is 2.12. The second-order valence-corrected chi connectivity index (χ2v) is 1.92. The van der Waals surface area contributed by atoms with Crippen LogP contribution in [0.1, 0.15) is 0 Å². The maximum Gasteiger partial charge on any atom is -0.0178 e. The molecular formula is C6H5S. The molecule has 1 heteroatoms. The minimum absolute atomic E-state index is 1.66. The molecule has 1 aliphatic rings. The molecule has 0 aliphatic carbocycles. The summed E-state index contributed by atoms with van der Waals surface area (Å²) >= 11 is 1.66. The first-order chi connectivity index (χ1) is 3.50. The average Bonchev–Trinajstić information content (AvgIpc) is 1.90. The lowest BCUT2D eigenvalue weighted by Crippen LogP contribution is -1.40. The molecule has 0 fully saturated rings. The third-order valence-corrected chi connectivity index (χ3v) is 1.20. The Labute approximate surface area is 47.6 Å². The smallest absolute Gasteiger partial charge is 0.0178 e. The van der Waals surface area contributed by atoms with Crippen molar-refractivity contribution in [1.29, 1.82) is 0 Å². The Morgan fingerprint density at radius 1 is 1.29 bits per heavy atom. The van der Waals surface area contributed by atoms with Crippen LogP contribution < -0.4 is 0 Å². The molecule has 0 aromatic heterocycles. The van der Waals surface area contributed by atoms with Crippen LogP contribution in [-0.2, 0) is 0 Å². The first-order valence-corrected chi connectivity index (χ1v) is 2.99. The van der Waals surface area contributed by atoms with Crippen molar-refractivity contribution in [1.82, 2.24) is 0 Å². The van der Waals surface area contributed by atoms with Gasteiger partial charge in [-0.25, -0.2) is 0 Å². The molecule has 0 nitrogen and oxygen atoms in total. The molecule has 1 radical (unpaired) electrons. The van der Waals surface area contributed by atoms with E-state index >= 15 is 0 Å². The van der Waals surface area contributed by atoms with Crippen molar-refractivity contribution in [3.05, 3.63) is 35.1 Å².